The Kier molecular flexibility index (Phi) is 4.26. The molecule has 0 unspecified atom stereocenters. The molecule has 0 aromatic carbocycles. The van der Waals surface area contributed by atoms with Gasteiger partial charge in [-0.15, -0.1) is 11.3 Å². The molecule has 2 heterocycles. The third-order valence-electron chi connectivity index (χ3n) is 2.09. The summed E-state index contributed by atoms with van der Waals surface area (Å²) in [6, 6.07) is 0. The molecule has 0 amide bonds. The minimum atomic E-state index is 0.684. The third kappa shape index (κ3) is 3.67. The van der Waals surface area contributed by atoms with Crippen molar-refractivity contribution in [1.29, 1.82) is 0 Å². The van der Waals surface area contributed by atoms with Gasteiger partial charge in [-0.2, -0.15) is 0 Å². The summed E-state index contributed by atoms with van der Waals surface area (Å²) < 4.78 is 0. The van der Waals surface area contributed by atoms with E-state index >= 15 is 0 Å². The second-order valence-corrected chi connectivity index (χ2v) is 4.47. The molecule has 0 aliphatic carbocycles. The van der Waals surface area contributed by atoms with E-state index in [0.29, 0.717) is 6.54 Å². The standard InChI is InChI=1S/C11H15N5S/c1-2-3-13-9-6-12-7-10(16-9)15-8-11-14-4-5-17-11/h4-7H,2-3,8H2,1H3,(H2,13,15,16). The first-order valence-corrected chi connectivity index (χ1v) is 6.44. The first-order chi connectivity index (χ1) is 8.38. The van der Waals surface area contributed by atoms with E-state index < -0.39 is 0 Å². The van der Waals surface area contributed by atoms with Gasteiger partial charge in [0.05, 0.1) is 18.9 Å². The van der Waals surface area contributed by atoms with Crippen molar-refractivity contribution < 1.29 is 0 Å². The fourth-order valence-electron chi connectivity index (χ4n) is 1.30. The second kappa shape index (κ2) is 6.15. The summed E-state index contributed by atoms with van der Waals surface area (Å²) in [4.78, 5) is 12.7. The summed E-state index contributed by atoms with van der Waals surface area (Å²) in [7, 11) is 0. The van der Waals surface area contributed by atoms with E-state index in [-0.39, 0.29) is 0 Å². The Balaban J connectivity index is 1.91. The molecule has 0 atom stereocenters. The molecule has 0 aliphatic heterocycles. The van der Waals surface area contributed by atoms with Gasteiger partial charge in [-0.3, -0.25) is 4.98 Å². The van der Waals surface area contributed by atoms with Crippen molar-refractivity contribution in [1.82, 2.24) is 15.0 Å². The lowest BCUT2D eigenvalue weighted by atomic mass is 10.5. The molecule has 0 radical (unpaired) electrons. The lowest BCUT2D eigenvalue weighted by Gasteiger charge is -2.06. The van der Waals surface area contributed by atoms with Gasteiger partial charge < -0.3 is 10.6 Å². The van der Waals surface area contributed by atoms with Gasteiger partial charge in [-0.05, 0) is 6.42 Å². The zero-order valence-electron chi connectivity index (χ0n) is 9.68. The van der Waals surface area contributed by atoms with Gasteiger partial charge in [-0.25, -0.2) is 9.97 Å². The molecule has 6 heteroatoms. The van der Waals surface area contributed by atoms with E-state index in [1.165, 1.54) is 0 Å². The number of nitrogens with zero attached hydrogens (tertiary/aromatic N) is 3. The van der Waals surface area contributed by atoms with Crippen LogP contribution in [0.5, 0.6) is 0 Å². The van der Waals surface area contributed by atoms with Gasteiger partial charge in [0.1, 0.15) is 16.6 Å². The summed E-state index contributed by atoms with van der Waals surface area (Å²) in [5.74, 6) is 1.57. The summed E-state index contributed by atoms with van der Waals surface area (Å²) >= 11 is 1.62. The van der Waals surface area contributed by atoms with Gasteiger partial charge in [-0.1, -0.05) is 6.92 Å². The van der Waals surface area contributed by atoms with Crippen molar-refractivity contribution in [2.45, 2.75) is 19.9 Å². The van der Waals surface area contributed by atoms with Crippen LogP contribution < -0.4 is 10.6 Å². The van der Waals surface area contributed by atoms with Crippen LogP contribution in [0.2, 0.25) is 0 Å². The normalized spacial score (nSPS) is 10.2. The Bertz CT molecular complexity index is 443. The molecule has 2 rings (SSSR count). The highest BCUT2D eigenvalue weighted by atomic mass is 32.1. The first-order valence-electron chi connectivity index (χ1n) is 5.56. The molecule has 0 saturated carbocycles. The van der Waals surface area contributed by atoms with Gasteiger partial charge in [0.25, 0.3) is 0 Å². The molecular formula is C11H15N5S. The number of aromatic nitrogens is 3. The SMILES string of the molecule is CCCNc1cncc(NCc2nccs2)n1. The monoisotopic (exact) mass is 249 g/mol. The van der Waals surface area contributed by atoms with Crippen LogP contribution in [0.1, 0.15) is 18.4 Å². The molecule has 0 spiro atoms. The molecule has 0 fully saturated rings. The highest BCUT2D eigenvalue weighted by Crippen LogP contribution is 2.10. The zero-order chi connectivity index (χ0) is 11.9. The van der Waals surface area contributed by atoms with Gasteiger partial charge in [0.2, 0.25) is 0 Å². The van der Waals surface area contributed by atoms with Crippen LogP contribution in [0.4, 0.5) is 11.6 Å². The topological polar surface area (TPSA) is 62.7 Å². The average molecular weight is 249 g/mol. The summed E-state index contributed by atoms with van der Waals surface area (Å²) in [6.45, 7) is 3.71. The van der Waals surface area contributed by atoms with Crippen molar-refractivity contribution in [3.63, 3.8) is 0 Å². The highest BCUT2D eigenvalue weighted by molar-refractivity contribution is 7.09. The average Bonchev–Trinajstić information content (AvgIpc) is 2.87. The predicted octanol–water partition coefficient (Wildman–Crippen LogP) is 2.37. The largest absolute Gasteiger partial charge is 0.369 e. The molecular weight excluding hydrogens is 234 g/mol. The Morgan fingerprint density at radius 2 is 2.06 bits per heavy atom. The molecule has 0 aliphatic rings. The summed E-state index contributed by atoms with van der Waals surface area (Å²) in [6.07, 6.45) is 6.31. The molecule has 17 heavy (non-hydrogen) atoms. The van der Waals surface area contributed by atoms with Gasteiger partial charge in [0.15, 0.2) is 0 Å². The molecule has 2 aromatic rings. The molecule has 0 bridgehead atoms. The lowest BCUT2D eigenvalue weighted by molar-refractivity contribution is 0.962. The zero-order valence-corrected chi connectivity index (χ0v) is 10.5. The minimum absolute atomic E-state index is 0.684. The van der Waals surface area contributed by atoms with Crippen LogP contribution in [0.25, 0.3) is 0 Å². The lowest BCUT2D eigenvalue weighted by Crippen LogP contribution is -2.06. The van der Waals surface area contributed by atoms with Gasteiger partial charge in [0, 0.05) is 18.1 Å². The van der Waals surface area contributed by atoms with Crippen molar-refractivity contribution in [2.24, 2.45) is 0 Å². The molecule has 90 valence electrons. The Morgan fingerprint density at radius 1 is 1.24 bits per heavy atom. The molecule has 2 aromatic heterocycles. The highest BCUT2D eigenvalue weighted by Gasteiger charge is 1.99. The van der Waals surface area contributed by atoms with E-state index in [9.17, 15) is 0 Å². The van der Waals surface area contributed by atoms with E-state index in [0.717, 1.165) is 29.6 Å². The van der Waals surface area contributed by atoms with E-state index in [1.807, 2.05) is 5.38 Å². The van der Waals surface area contributed by atoms with Crippen LogP contribution in [0.3, 0.4) is 0 Å². The van der Waals surface area contributed by atoms with E-state index in [4.69, 9.17) is 0 Å². The number of hydrogen-bond donors (Lipinski definition) is 2. The van der Waals surface area contributed by atoms with Crippen molar-refractivity contribution in [3.8, 4) is 0 Å². The second-order valence-electron chi connectivity index (χ2n) is 3.50. The summed E-state index contributed by atoms with van der Waals surface area (Å²) in [5.41, 5.74) is 0. The number of nitrogens with one attached hydrogen (secondary N) is 2. The maximum Gasteiger partial charge on any atom is 0.147 e. The third-order valence-corrected chi connectivity index (χ3v) is 2.87. The van der Waals surface area contributed by atoms with Crippen molar-refractivity contribution >= 4 is 23.0 Å². The number of thiazole rings is 1. The minimum Gasteiger partial charge on any atom is -0.369 e. The van der Waals surface area contributed by atoms with Crippen molar-refractivity contribution in [3.05, 3.63) is 29.0 Å². The Morgan fingerprint density at radius 3 is 2.76 bits per heavy atom. The van der Waals surface area contributed by atoms with E-state index in [1.54, 1.807) is 29.9 Å². The van der Waals surface area contributed by atoms with Crippen LogP contribution in [0.15, 0.2) is 24.0 Å². The smallest absolute Gasteiger partial charge is 0.147 e. The fourth-order valence-corrected chi connectivity index (χ4v) is 1.85. The summed E-state index contributed by atoms with van der Waals surface area (Å²) in [5, 5.41) is 9.40. The number of rotatable bonds is 6. The Hall–Kier alpha value is -1.69. The first kappa shape index (κ1) is 11.8. The number of anilines is 2. The van der Waals surface area contributed by atoms with Crippen LogP contribution in [0, 0.1) is 0 Å². The quantitative estimate of drug-likeness (QED) is 0.823. The molecule has 2 N–H and O–H groups in total. The van der Waals surface area contributed by atoms with Crippen molar-refractivity contribution in [2.75, 3.05) is 17.2 Å². The number of hydrogen-bond acceptors (Lipinski definition) is 6. The fraction of sp³-hybridized carbons (Fsp3) is 0.364. The maximum atomic E-state index is 4.40. The molecule has 5 nitrogen and oxygen atoms in total. The van der Waals surface area contributed by atoms with Crippen LogP contribution in [-0.2, 0) is 6.54 Å². The van der Waals surface area contributed by atoms with Gasteiger partial charge >= 0.3 is 0 Å². The molecule has 0 saturated heterocycles. The van der Waals surface area contributed by atoms with Crippen LogP contribution in [-0.4, -0.2) is 21.5 Å². The predicted molar refractivity (Wildman–Crippen MR) is 70.3 cm³/mol. The van der Waals surface area contributed by atoms with E-state index in [2.05, 4.69) is 32.5 Å². The maximum absolute atomic E-state index is 4.40. The Labute approximate surface area is 104 Å². The van der Waals surface area contributed by atoms with Crippen LogP contribution >= 0.6 is 11.3 Å².